The molecule has 2 saturated carbocycles. The number of aliphatic hydroxyl groups excluding tert-OH is 1. The van der Waals surface area contributed by atoms with Crippen molar-refractivity contribution in [2.75, 3.05) is 14.2 Å². The normalized spacial score (nSPS) is 25.6. The third-order valence-electron chi connectivity index (χ3n) is 14.5. The Morgan fingerprint density at radius 2 is 1.02 bits per heavy atom. The fraction of sp³-hybridized carbons (Fsp3) is 0.417. The zero-order chi connectivity index (χ0) is 38.8. The second-order valence-electron chi connectivity index (χ2n) is 17.3. The molecule has 54 heavy (non-hydrogen) atoms. The number of benzene rings is 4. The maximum atomic E-state index is 14.8. The summed E-state index contributed by atoms with van der Waals surface area (Å²) in [6.07, 6.45) is 9.56. The first-order valence-electron chi connectivity index (χ1n) is 19.2. The summed E-state index contributed by atoms with van der Waals surface area (Å²) >= 11 is 6.14. The lowest BCUT2D eigenvalue weighted by Crippen LogP contribution is -2.29. The Balaban J connectivity index is 0.000000167. The lowest BCUT2D eigenvalue weighted by Gasteiger charge is -2.38. The van der Waals surface area contributed by atoms with Gasteiger partial charge in [-0.1, -0.05) is 78.0 Å². The van der Waals surface area contributed by atoms with Crippen LogP contribution >= 0.6 is 11.6 Å². The summed E-state index contributed by atoms with van der Waals surface area (Å²) in [7, 11) is 3.20. The summed E-state index contributed by atoms with van der Waals surface area (Å²) in [6, 6.07) is 21.8. The maximum absolute atomic E-state index is 14.8. The van der Waals surface area contributed by atoms with Crippen LogP contribution in [0.3, 0.4) is 0 Å². The van der Waals surface area contributed by atoms with Crippen molar-refractivity contribution in [3.8, 4) is 33.8 Å². The topological polar surface area (TPSA) is 38.7 Å². The summed E-state index contributed by atoms with van der Waals surface area (Å²) in [4.78, 5) is 0. The molecule has 4 aromatic rings. The third kappa shape index (κ3) is 5.93. The first kappa shape index (κ1) is 38.3. The van der Waals surface area contributed by atoms with Crippen LogP contribution in [-0.4, -0.2) is 19.3 Å². The van der Waals surface area contributed by atoms with Crippen molar-refractivity contribution in [3.63, 3.8) is 0 Å². The van der Waals surface area contributed by atoms with Gasteiger partial charge in [0, 0.05) is 17.0 Å². The second-order valence-corrected chi connectivity index (χ2v) is 17.6. The highest BCUT2D eigenvalue weighted by molar-refractivity contribution is 6.17. The van der Waals surface area contributed by atoms with E-state index in [1.54, 1.807) is 38.5 Å². The lowest BCUT2D eigenvalue weighted by molar-refractivity contribution is 0.189. The maximum Gasteiger partial charge on any atom is 0.131 e. The molecule has 0 radical (unpaired) electrons. The highest BCUT2D eigenvalue weighted by atomic mass is 35.5. The Hall–Kier alpha value is -3.93. The van der Waals surface area contributed by atoms with Gasteiger partial charge in [0.1, 0.15) is 23.1 Å². The molecule has 0 saturated heterocycles. The molecule has 284 valence electrons. The molecule has 0 aromatic heterocycles. The first-order valence-corrected chi connectivity index (χ1v) is 19.7. The number of aliphatic hydroxyl groups is 1. The monoisotopic (exact) mass is 750 g/mol. The number of fused-ring (bicyclic) bond motifs is 4. The number of hydrogen-bond acceptors (Lipinski definition) is 3. The van der Waals surface area contributed by atoms with Crippen molar-refractivity contribution in [1.82, 2.24) is 0 Å². The summed E-state index contributed by atoms with van der Waals surface area (Å²) in [5.74, 6) is 2.36. The molecule has 0 aliphatic heterocycles. The van der Waals surface area contributed by atoms with Gasteiger partial charge in [0.25, 0.3) is 0 Å². The van der Waals surface area contributed by atoms with Crippen LogP contribution in [0.1, 0.15) is 89.5 Å². The molecule has 1 N–H and O–H groups in total. The van der Waals surface area contributed by atoms with Crippen molar-refractivity contribution in [2.45, 2.75) is 79.7 Å². The zero-order valence-electron chi connectivity index (χ0n) is 32.9. The molecular formula is C48H53ClF2O3. The van der Waals surface area contributed by atoms with Crippen LogP contribution < -0.4 is 9.47 Å². The van der Waals surface area contributed by atoms with Crippen LogP contribution in [0, 0.1) is 45.1 Å². The Kier molecular flexibility index (Phi) is 9.93. The predicted molar refractivity (Wildman–Crippen MR) is 217 cm³/mol. The standard InChI is InChI=1S/C24H26ClFO.C24H27FO2/c1-23(2)16-9-10-24(23,3)21(12-16)19-11-15(14-25)5-7-18(19)20-13-17(27-4)6-8-22(20)26;1-23(2)16-9-10-24(23,3)21(12-16)19-11-15(14-26)5-7-18(19)20-13-17(27-4)6-8-22(20)25/h5-8,11-13,16H,9-10,14H2,1-4H3;5-8,11-13,16,26H,9-10,14H2,1-4H3/t2*16-,24+/m11/s1. The molecule has 3 nitrogen and oxygen atoms in total. The molecule has 0 heterocycles. The molecule has 4 atom stereocenters. The molecule has 4 aliphatic carbocycles. The van der Waals surface area contributed by atoms with Crippen molar-refractivity contribution in [3.05, 3.63) is 119 Å². The van der Waals surface area contributed by atoms with E-state index in [4.69, 9.17) is 21.1 Å². The van der Waals surface area contributed by atoms with Gasteiger partial charge in [-0.25, -0.2) is 8.78 Å². The van der Waals surface area contributed by atoms with E-state index in [0.717, 1.165) is 39.8 Å². The fourth-order valence-electron chi connectivity index (χ4n) is 10.1. The summed E-state index contributed by atoms with van der Waals surface area (Å²) in [6.45, 7) is 14.1. The summed E-state index contributed by atoms with van der Waals surface area (Å²) in [5.41, 5.74) is 10.1. The van der Waals surface area contributed by atoms with Crippen LogP contribution in [0.2, 0.25) is 0 Å². The van der Waals surface area contributed by atoms with E-state index in [-0.39, 0.29) is 39.9 Å². The van der Waals surface area contributed by atoms with E-state index in [0.29, 0.717) is 40.3 Å². The number of allylic oxidation sites excluding steroid dienone is 4. The summed E-state index contributed by atoms with van der Waals surface area (Å²) < 4.78 is 40.2. The van der Waals surface area contributed by atoms with Gasteiger partial charge in [-0.05, 0) is 152 Å². The Morgan fingerprint density at radius 1 is 0.593 bits per heavy atom. The second kappa shape index (κ2) is 14.0. The highest BCUT2D eigenvalue weighted by Crippen LogP contribution is 2.69. The molecule has 4 bridgehead atoms. The molecule has 0 spiro atoms. The highest BCUT2D eigenvalue weighted by Gasteiger charge is 2.58. The number of hydrogen-bond donors (Lipinski definition) is 1. The number of halogens is 3. The van der Waals surface area contributed by atoms with E-state index in [9.17, 15) is 13.9 Å². The minimum absolute atomic E-state index is 0.0231. The average Bonchev–Trinajstić information content (AvgIpc) is 3.71. The molecule has 0 amide bonds. The van der Waals surface area contributed by atoms with Crippen molar-refractivity contribution in [2.24, 2.45) is 33.5 Å². The van der Waals surface area contributed by atoms with Gasteiger partial charge in [0.05, 0.1) is 20.8 Å². The van der Waals surface area contributed by atoms with E-state index in [1.165, 1.54) is 42.5 Å². The molecule has 0 unspecified atom stereocenters. The Labute approximate surface area is 325 Å². The third-order valence-corrected chi connectivity index (χ3v) is 14.9. The Morgan fingerprint density at radius 3 is 1.37 bits per heavy atom. The van der Waals surface area contributed by atoms with Gasteiger partial charge in [0.2, 0.25) is 0 Å². The van der Waals surface area contributed by atoms with Gasteiger partial charge in [-0.15, -0.1) is 11.6 Å². The smallest absolute Gasteiger partial charge is 0.131 e. The predicted octanol–water partition coefficient (Wildman–Crippen LogP) is 12.9. The average molecular weight is 751 g/mol. The Bertz CT molecular complexity index is 2010. The van der Waals surface area contributed by atoms with Gasteiger partial charge >= 0.3 is 0 Å². The van der Waals surface area contributed by atoms with Crippen LogP contribution in [0.15, 0.2) is 84.9 Å². The van der Waals surface area contributed by atoms with Gasteiger partial charge < -0.3 is 14.6 Å². The molecule has 8 rings (SSSR count). The summed E-state index contributed by atoms with van der Waals surface area (Å²) in [5, 5.41) is 9.69. The SMILES string of the molecule is COc1ccc(F)c(-c2ccc(CCl)cc2C2=C[C@H]3CC[C@]2(C)C3(C)C)c1.COc1ccc(F)c(-c2ccc(CO)cc2C2=C[C@H]3CC[C@]2(C)C3(C)C)c1. The first-order chi connectivity index (χ1) is 25.6. The van der Waals surface area contributed by atoms with Crippen molar-refractivity contribution < 1.29 is 23.4 Å². The number of methoxy groups -OCH3 is 2. The van der Waals surface area contributed by atoms with Crippen molar-refractivity contribution >= 4 is 22.7 Å². The number of ether oxygens (including phenoxy) is 2. The number of alkyl halides is 1. The molecular weight excluding hydrogens is 698 g/mol. The number of rotatable bonds is 8. The van der Waals surface area contributed by atoms with E-state index < -0.39 is 0 Å². The quantitative estimate of drug-likeness (QED) is 0.182. The molecule has 4 aromatic carbocycles. The van der Waals surface area contributed by atoms with Crippen molar-refractivity contribution in [1.29, 1.82) is 0 Å². The van der Waals surface area contributed by atoms with Crippen LogP contribution in [0.25, 0.3) is 33.4 Å². The molecule has 6 heteroatoms. The zero-order valence-corrected chi connectivity index (χ0v) is 33.6. The van der Waals surface area contributed by atoms with E-state index >= 15 is 0 Å². The largest absolute Gasteiger partial charge is 0.497 e. The van der Waals surface area contributed by atoms with E-state index in [2.05, 4.69) is 59.8 Å². The minimum atomic E-state index is -0.262. The van der Waals surface area contributed by atoms with Gasteiger partial charge in [-0.3, -0.25) is 0 Å². The minimum Gasteiger partial charge on any atom is -0.497 e. The van der Waals surface area contributed by atoms with E-state index in [1.807, 2.05) is 30.3 Å². The fourth-order valence-corrected chi connectivity index (χ4v) is 10.3. The van der Waals surface area contributed by atoms with Gasteiger partial charge in [-0.2, -0.15) is 0 Å². The van der Waals surface area contributed by atoms with Crippen LogP contribution in [0.5, 0.6) is 11.5 Å². The van der Waals surface area contributed by atoms with Crippen LogP contribution in [-0.2, 0) is 12.5 Å². The molecule has 4 aliphatic rings. The van der Waals surface area contributed by atoms with Gasteiger partial charge in [0.15, 0.2) is 0 Å². The van der Waals surface area contributed by atoms with Crippen LogP contribution in [0.4, 0.5) is 8.78 Å². The lowest BCUT2D eigenvalue weighted by atomic mass is 9.65. The molecule has 2 fully saturated rings.